The number of pyridine rings is 1. The Morgan fingerprint density at radius 2 is 2.00 bits per heavy atom. The number of fused-ring (bicyclic) bond motifs is 2. The van der Waals surface area contributed by atoms with Crippen molar-refractivity contribution in [3.63, 3.8) is 0 Å². The van der Waals surface area contributed by atoms with Gasteiger partial charge in [0, 0.05) is 63.6 Å². The van der Waals surface area contributed by atoms with Crippen LogP contribution in [-0.4, -0.2) is 79.2 Å². The quantitative estimate of drug-likeness (QED) is 0.748. The Morgan fingerprint density at radius 1 is 1.16 bits per heavy atom. The van der Waals surface area contributed by atoms with Gasteiger partial charge in [-0.15, -0.1) is 0 Å². The molecule has 1 aliphatic carbocycles. The summed E-state index contributed by atoms with van der Waals surface area (Å²) in [5.74, 6) is 1.72. The average molecular weight is 423 g/mol. The predicted octanol–water partition coefficient (Wildman–Crippen LogP) is 1.89. The Bertz CT molecular complexity index is 970. The minimum Gasteiger partial charge on any atom is -0.378 e. The number of aromatic nitrogens is 3. The lowest BCUT2D eigenvalue weighted by Crippen LogP contribution is -2.46. The summed E-state index contributed by atoms with van der Waals surface area (Å²) in [6.45, 7) is 4.34. The number of hydrogen-bond acceptors (Lipinski definition) is 7. The maximum atomic E-state index is 13.0. The first-order chi connectivity index (χ1) is 15.1. The van der Waals surface area contributed by atoms with E-state index in [0.717, 1.165) is 50.5 Å². The molecule has 5 rings (SSSR count). The lowest BCUT2D eigenvalue weighted by atomic mass is 9.77. The highest BCUT2D eigenvalue weighted by molar-refractivity contribution is 5.95. The summed E-state index contributed by atoms with van der Waals surface area (Å²) in [5, 5.41) is 0. The van der Waals surface area contributed by atoms with E-state index in [1.807, 2.05) is 42.2 Å². The molecule has 1 atom stereocenters. The van der Waals surface area contributed by atoms with E-state index in [0.29, 0.717) is 31.9 Å². The molecule has 2 aliphatic heterocycles. The highest BCUT2D eigenvalue weighted by Crippen LogP contribution is 2.44. The number of carbonyl (C=O) groups is 1. The van der Waals surface area contributed by atoms with Gasteiger partial charge in [-0.05, 0) is 43.4 Å². The number of amides is 1. The van der Waals surface area contributed by atoms with Crippen LogP contribution in [0.15, 0.2) is 24.5 Å². The molecule has 2 fully saturated rings. The number of anilines is 2. The van der Waals surface area contributed by atoms with E-state index in [9.17, 15) is 4.79 Å². The first kappa shape index (κ1) is 20.2. The fourth-order valence-corrected chi connectivity index (χ4v) is 5.15. The van der Waals surface area contributed by atoms with E-state index in [-0.39, 0.29) is 11.3 Å². The smallest absolute Gasteiger partial charge is 0.254 e. The van der Waals surface area contributed by atoms with Crippen LogP contribution < -0.4 is 9.80 Å². The summed E-state index contributed by atoms with van der Waals surface area (Å²) in [5.41, 5.74) is 3.22. The number of ether oxygens (including phenoxy) is 1. The molecule has 0 radical (unpaired) electrons. The molecule has 164 valence electrons. The number of hydrogen-bond donors (Lipinski definition) is 0. The van der Waals surface area contributed by atoms with E-state index >= 15 is 0 Å². The first-order valence-electron chi connectivity index (χ1n) is 11.2. The highest BCUT2D eigenvalue weighted by atomic mass is 16.5. The number of morpholine rings is 1. The second-order valence-corrected chi connectivity index (χ2v) is 9.05. The standard InChI is InChI=1S/C23H30N6O2/c1-27(2)22-25-15-18-4-7-23(20(18)26-22)6-3-9-29(16-23)19-14-17(5-8-24-19)21(30)28-10-12-31-13-11-28/h5,8,14-15H,3-4,6-7,9-13,16H2,1-2H3. The van der Waals surface area contributed by atoms with Crippen molar-refractivity contribution in [2.75, 3.05) is 63.3 Å². The number of carbonyl (C=O) groups excluding carboxylic acids is 1. The fourth-order valence-electron chi connectivity index (χ4n) is 5.15. The molecule has 0 saturated carbocycles. The Hall–Kier alpha value is -2.74. The third-order valence-corrected chi connectivity index (χ3v) is 6.82. The van der Waals surface area contributed by atoms with Crippen LogP contribution in [0, 0.1) is 0 Å². The monoisotopic (exact) mass is 422 g/mol. The van der Waals surface area contributed by atoms with Gasteiger partial charge in [0.15, 0.2) is 0 Å². The molecule has 31 heavy (non-hydrogen) atoms. The normalized spacial score (nSPS) is 23.2. The van der Waals surface area contributed by atoms with Gasteiger partial charge < -0.3 is 19.4 Å². The Balaban J connectivity index is 1.40. The van der Waals surface area contributed by atoms with Crippen molar-refractivity contribution < 1.29 is 9.53 Å². The molecule has 1 amide bonds. The third kappa shape index (κ3) is 3.73. The molecule has 4 heterocycles. The van der Waals surface area contributed by atoms with Crippen molar-refractivity contribution in [3.8, 4) is 0 Å². The SMILES string of the molecule is CN(C)c1ncc2c(n1)C1(CCCN(c3cc(C(=O)N4CCOCC4)ccn3)C1)CC2. The molecule has 1 spiro atoms. The van der Waals surface area contributed by atoms with Gasteiger partial charge in [0.2, 0.25) is 5.95 Å². The van der Waals surface area contributed by atoms with Crippen LogP contribution in [0.2, 0.25) is 0 Å². The van der Waals surface area contributed by atoms with Gasteiger partial charge in [0.05, 0.1) is 18.9 Å². The maximum absolute atomic E-state index is 13.0. The summed E-state index contributed by atoms with van der Waals surface area (Å²) in [6.07, 6.45) is 8.11. The van der Waals surface area contributed by atoms with Crippen LogP contribution >= 0.6 is 0 Å². The van der Waals surface area contributed by atoms with Gasteiger partial charge in [0.25, 0.3) is 5.91 Å². The molecule has 0 bridgehead atoms. The van der Waals surface area contributed by atoms with Crippen LogP contribution in [0.4, 0.5) is 11.8 Å². The van der Waals surface area contributed by atoms with Crippen LogP contribution in [0.1, 0.15) is 40.9 Å². The van der Waals surface area contributed by atoms with Gasteiger partial charge in [-0.3, -0.25) is 4.79 Å². The summed E-state index contributed by atoms with van der Waals surface area (Å²) < 4.78 is 5.38. The molecule has 0 aromatic carbocycles. The van der Waals surface area contributed by atoms with Gasteiger partial charge >= 0.3 is 0 Å². The van der Waals surface area contributed by atoms with Crippen molar-refractivity contribution in [1.29, 1.82) is 0 Å². The minimum absolute atomic E-state index is 0.0349. The van der Waals surface area contributed by atoms with E-state index < -0.39 is 0 Å². The first-order valence-corrected chi connectivity index (χ1v) is 11.2. The van der Waals surface area contributed by atoms with Crippen molar-refractivity contribution >= 4 is 17.7 Å². The fraction of sp³-hybridized carbons (Fsp3) is 0.565. The molecule has 8 heteroatoms. The zero-order chi connectivity index (χ0) is 21.4. The number of nitrogens with zero attached hydrogens (tertiary/aromatic N) is 6. The summed E-state index contributed by atoms with van der Waals surface area (Å²) in [4.78, 5) is 33.2. The molecule has 2 aromatic heterocycles. The zero-order valence-corrected chi connectivity index (χ0v) is 18.4. The molecule has 8 nitrogen and oxygen atoms in total. The topological polar surface area (TPSA) is 74.7 Å². The Morgan fingerprint density at radius 3 is 2.81 bits per heavy atom. The summed E-state index contributed by atoms with van der Waals surface area (Å²) >= 11 is 0. The van der Waals surface area contributed by atoms with Crippen molar-refractivity contribution in [1.82, 2.24) is 19.9 Å². The lowest BCUT2D eigenvalue weighted by Gasteiger charge is -2.41. The lowest BCUT2D eigenvalue weighted by molar-refractivity contribution is 0.0303. The average Bonchev–Trinajstić information content (AvgIpc) is 3.16. The molecule has 1 unspecified atom stereocenters. The van der Waals surface area contributed by atoms with E-state index in [1.54, 1.807) is 6.20 Å². The van der Waals surface area contributed by atoms with Crippen LogP contribution in [0.5, 0.6) is 0 Å². The second kappa shape index (κ2) is 8.07. The van der Waals surface area contributed by atoms with Gasteiger partial charge in [-0.2, -0.15) is 0 Å². The molecular formula is C23H30N6O2. The number of aryl methyl sites for hydroxylation is 1. The maximum Gasteiger partial charge on any atom is 0.254 e. The largest absolute Gasteiger partial charge is 0.378 e. The van der Waals surface area contributed by atoms with Gasteiger partial charge in [-0.1, -0.05) is 0 Å². The molecular weight excluding hydrogens is 392 g/mol. The van der Waals surface area contributed by atoms with E-state index in [2.05, 4.69) is 14.9 Å². The van der Waals surface area contributed by atoms with Crippen LogP contribution in [0.3, 0.4) is 0 Å². The molecule has 3 aliphatic rings. The summed E-state index contributed by atoms with van der Waals surface area (Å²) in [7, 11) is 3.97. The molecule has 2 saturated heterocycles. The van der Waals surface area contributed by atoms with Crippen LogP contribution in [-0.2, 0) is 16.6 Å². The second-order valence-electron chi connectivity index (χ2n) is 9.05. The van der Waals surface area contributed by atoms with E-state index in [1.165, 1.54) is 11.3 Å². The number of rotatable bonds is 3. The van der Waals surface area contributed by atoms with Gasteiger partial charge in [0.1, 0.15) is 5.82 Å². The predicted molar refractivity (Wildman–Crippen MR) is 119 cm³/mol. The number of piperidine rings is 1. The van der Waals surface area contributed by atoms with Crippen molar-refractivity contribution in [2.45, 2.75) is 31.1 Å². The highest BCUT2D eigenvalue weighted by Gasteiger charge is 2.44. The van der Waals surface area contributed by atoms with Crippen molar-refractivity contribution in [2.24, 2.45) is 0 Å². The summed E-state index contributed by atoms with van der Waals surface area (Å²) in [6, 6.07) is 3.78. The minimum atomic E-state index is 0.0349. The van der Waals surface area contributed by atoms with Crippen molar-refractivity contribution in [3.05, 3.63) is 41.3 Å². The van der Waals surface area contributed by atoms with Gasteiger partial charge in [-0.25, -0.2) is 15.0 Å². The van der Waals surface area contributed by atoms with Crippen LogP contribution in [0.25, 0.3) is 0 Å². The molecule has 0 N–H and O–H groups in total. The molecule has 2 aromatic rings. The zero-order valence-electron chi connectivity index (χ0n) is 18.4. The Kier molecular flexibility index (Phi) is 5.25. The third-order valence-electron chi connectivity index (χ3n) is 6.82. The van der Waals surface area contributed by atoms with E-state index in [4.69, 9.17) is 9.72 Å². The Labute approximate surface area is 183 Å².